The molecule has 0 aliphatic carbocycles. The van der Waals surface area contributed by atoms with Crippen molar-refractivity contribution in [3.05, 3.63) is 206 Å². The van der Waals surface area contributed by atoms with Crippen LogP contribution >= 0.6 is 0 Å². The summed E-state index contributed by atoms with van der Waals surface area (Å²) in [6.45, 7) is 0. The second kappa shape index (κ2) is 15.2. The van der Waals surface area contributed by atoms with Gasteiger partial charge in [0.25, 0.3) is 0 Å². The van der Waals surface area contributed by atoms with Crippen LogP contribution in [-0.4, -0.2) is 19.5 Å². The van der Waals surface area contributed by atoms with Gasteiger partial charge in [0.15, 0.2) is 0 Å². The molecule has 0 bridgehead atoms. The molecule has 0 aliphatic rings. The van der Waals surface area contributed by atoms with E-state index in [0.717, 1.165) is 110 Å². The molecule has 0 N–H and O–H groups in total. The molecule has 0 fully saturated rings. The Balaban J connectivity index is 0.00000433. The molecule has 0 amide bonds. The number of fused-ring (bicyclic) bond motifs is 9. The van der Waals surface area contributed by atoms with Gasteiger partial charge < -0.3 is 14.0 Å². The first-order chi connectivity index (χ1) is 31.2. The Morgan fingerprint density at radius 3 is 1.91 bits per heavy atom. The van der Waals surface area contributed by atoms with E-state index in [-0.39, 0.29) is 21.1 Å². The molecule has 0 spiro atoms. The van der Waals surface area contributed by atoms with E-state index in [9.17, 15) is 0 Å². The van der Waals surface area contributed by atoms with E-state index in [2.05, 4.69) is 162 Å². The molecule has 6 nitrogen and oxygen atoms in total. The summed E-state index contributed by atoms with van der Waals surface area (Å²) in [6, 6.07) is 71.2. The number of benzene rings is 8. The van der Waals surface area contributed by atoms with Crippen molar-refractivity contribution < 1.29 is 25.5 Å². The van der Waals surface area contributed by atoms with E-state index in [0.29, 0.717) is 17.1 Å². The predicted octanol–water partition coefficient (Wildman–Crippen LogP) is 14.3. The summed E-state index contributed by atoms with van der Waals surface area (Å²) in [5.74, 6) is 0.552. The zero-order chi connectivity index (χ0) is 41.4. The number of pyridine rings is 1. The summed E-state index contributed by atoms with van der Waals surface area (Å²) in [4.78, 5) is 21.2. The Kier molecular flexibility index (Phi) is 8.96. The monoisotopic (exact) mass is 998 g/mol. The molecule has 64 heavy (non-hydrogen) atoms. The molecule has 0 atom stereocenters. The minimum absolute atomic E-state index is 0. The van der Waals surface area contributed by atoms with Crippen molar-refractivity contribution in [2.24, 2.45) is 0 Å². The number of para-hydroxylation sites is 2. The molecule has 13 aromatic rings. The predicted molar refractivity (Wildman–Crippen MR) is 256 cm³/mol. The van der Waals surface area contributed by atoms with Gasteiger partial charge in [0.2, 0.25) is 0 Å². The van der Waals surface area contributed by atoms with Gasteiger partial charge in [0.1, 0.15) is 28.2 Å². The van der Waals surface area contributed by atoms with Crippen LogP contribution in [0.2, 0.25) is 0 Å². The Morgan fingerprint density at radius 2 is 1.14 bits per heavy atom. The van der Waals surface area contributed by atoms with E-state index >= 15 is 0 Å². The van der Waals surface area contributed by atoms with Crippen LogP contribution in [0.4, 0.5) is 0 Å². The number of rotatable bonds is 6. The van der Waals surface area contributed by atoms with Gasteiger partial charge in [0.05, 0.1) is 5.52 Å². The summed E-state index contributed by atoms with van der Waals surface area (Å²) in [5, 5.41) is 5.23. The Hall–Kier alpha value is -7.92. The molecule has 0 aliphatic heterocycles. The molecule has 0 saturated heterocycles. The van der Waals surface area contributed by atoms with Gasteiger partial charge in [-0.05, 0) is 92.8 Å². The van der Waals surface area contributed by atoms with Crippen molar-refractivity contribution in [2.75, 3.05) is 0 Å². The zero-order valence-corrected chi connectivity index (χ0v) is 36.3. The van der Waals surface area contributed by atoms with Crippen LogP contribution in [0.5, 0.6) is 0 Å². The maximum atomic E-state index is 6.75. The zero-order valence-electron chi connectivity index (χ0n) is 34.0. The molecule has 7 heteroatoms. The van der Waals surface area contributed by atoms with Crippen molar-refractivity contribution in [3.8, 4) is 61.7 Å². The van der Waals surface area contributed by atoms with Gasteiger partial charge in [0, 0.05) is 33.6 Å². The molecule has 0 saturated carbocycles. The Labute approximate surface area is 381 Å². The van der Waals surface area contributed by atoms with Gasteiger partial charge >= 0.3 is 21.1 Å². The molecular formula is C57H33N5OPt. The van der Waals surface area contributed by atoms with Crippen LogP contribution in [0, 0.1) is 6.07 Å². The molecule has 8 aromatic carbocycles. The number of nitrogens with zero attached hydrogens (tertiary/aromatic N) is 5. The fourth-order valence-corrected chi connectivity index (χ4v) is 9.24. The van der Waals surface area contributed by atoms with Crippen LogP contribution in [-0.2, 0) is 21.1 Å². The third kappa shape index (κ3) is 6.10. The van der Waals surface area contributed by atoms with Gasteiger partial charge in [-0.1, -0.05) is 139 Å². The van der Waals surface area contributed by atoms with Crippen LogP contribution in [0.25, 0.3) is 128 Å². The molecule has 13 rings (SSSR count). The average molecular weight is 999 g/mol. The summed E-state index contributed by atoms with van der Waals surface area (Å²) in [6.07, 6.45) is 1.85. The Morgan fingerprint density at radius 1 is 0.500 bits per heavy atom. The fourth-order valence-electron chi connectivity index (χ4n) is 9.24. The fraction of sp³-hybridized carbons (Fsp3) is 0. The number of hydrogen-bond donors (Lipinski definition) is 0. The maximum Gasteiger partial charge on any atom is 2.00 e. The molecule has 302 valence electrons. The summed E-state index contributed by atoms with van der Waals surface area (Å²) >= 11 is 0. The van der Waals surface area contributed by atoms with Crippen LogP contribution in [0.1, 0.15) is 0 Å². The number of hydrogen-bond acceptors (Lipinski definition) is 4. The first-order valence-corrected chi connectivity index (χ1v) is 21.0. The second-order valence-electron chi connectivity index (χ2n) is 15.9. The van der Waals surface area contributed by atoms with E-state index in [1.54, 1.807) is 0 Å². The van der Waals surface area contributed by atoms with E-state index in [1.165, 1.54) is 0 Å². The average Bonchev–Trinajstić information content (AvgIpc) is 4.03. The standard InChI is InChI=1S/C57H33N5O.Pt/c1-4-15-35(16-5-1)38-26-27-49-46(32-38)47-33-40(37-19-8-3-9-20-37)34-48(53(47)59-49)56-60-52(55-54(61-56)45-22-11-13-25-51(45)63-55)41-29-39(36-17-6-2-7-18-36)30-42(31-41)62-50-24-12-10-21-43(50)44-23-14-28-58-57(44)62;/h1-30,32-34H;/q-2;+2. The molecule has 5 heterocycles. The van der Waals surface area contributed by atoms with Crippen LogP contribution < -0.4 is 4.98 Å². The molecule has 0 radical (unpaired) electrons. The van der Waals surface area contributed by atoms with E-state index in [1.807, 2.05) is 48.7 Å². The second-order valence-corrected chi connectivity index (χ2v) is 15.9. The van der Waals surface area contributed by atoms with Crippen LogP contribution in [0.3, 0.4) is 0 Å². The normalized spacial score (nSPS) is 11.6. The van der Waals surface area contributed by atoms with Crippen LogP contribution in [0.15, 0.2) is 205 Å². The summed E-state index contributed by atoms with van der Waals surface area (Å²) in [5.41, 5.74) is 15.3. The topological polar surface area (TPSA) is 70.8 Å². The van der Waals surface area contributed by atoms with Crippen molar-refractivity contribution in [1.29, 1.82) is 0 Å². The Bertz CT molecular complexity index is 3860. The number of furan rings is 1. The summed E-state index contributed by atoms with van der Waals surface area (Å²) < 4.78 is 8.95. The summed E-state index contributed by atoms with van der Waals surface area (Å²) in [7, 11) is 0. The molecular weight excluding hydrogens is 966 g/mol. The first-order valence-electron chi connectivity index (χ1n) is 21.0. The SMILES string of the molecule is [Pt+2].[c-]1c(-c2nc(-c3cc(-c4ccccc4)cc4c3[n-]c3ccc(-c5ccccc5)cc34)nc3c2oc2ccccc23)cc(-c2ccccc2)cc1-n1c2ccccc2c2cccnc21. The largest absolute Gasteiger partial charge is 2.00 e. The van der Waals surface area contributed by atoms with Gasteiger partial charge in [-0.3, -0.25) is 4.98 Å². The third-order valence-electron chi connectivity index (χ3n) is 12.2. The van der Waals surface area contributed by atoms with E-state index < -0.39 is 0 Å². The minimum atomic E-state index is 0. The van der Waals surface area contributed by atoms with Crippen molar-refractivity contribution in [3.63, 3.8) is 0 Å². The number of aromatic nitrogens is 5. The van der Waals surface area contributed by atoms with Gasteiger partial charge in [-0.2, -0.15) is 0 Å². The quantitative estimate of drug-likeness (QED) is 0.155. The van der Waals surface area contributed by atoms with Gasteiger partial charge in [-0.25, -0.2) is 9.97 Å². The van der Waals surface area contributed by atoms with Crippen molar-refractivity contribution in [1.82, 2.24) is 24.5 Å². The van der Waals surface area contributed by atoms with Crippen molar-refractivity contribution >= 4 is 65.8 Å². The van der Waals surface area contributed by atoms with Crippen molar-refractivity contribution in [2.45, 2.75) is 0 Å². The third-order valence-corrected chi connectivity index (χ3v) is 12.2. The minimum Gasteiger partial charge on any atom is -0.656 e. The molecule has 0 unspecified atom stereocenters. The first kappa shape index (κ1) is 37.8. The molecule has 5 aromatic heterocycles. The van der Waals surface area contributed by atoms with E-state index in [4.69, 9.17) is 24.4 Å². The smallest absolute Gasteiger partial charge is 0.656 e. The van der Waals surface area contributed by atoms with Gasteiger partial charge in [-0.15, -0.1) is 34.8 Å². The maximum absolute atomic E-state index is 6.75.